The van der Waals surface area contributed by atoms with Gasteiger partial charge >= 0.3 is 5.69 Å². The Kier molecular flexibility index (Phi) is 6.61. The number of nitro benzene ring substituents is 1. The molecule has 166 valence electrons. The van der Waals surface area contributed by atoms with Gasteiger partial charge in [0.25, 0.3) is 0 Å². The molecule has 0 unspecified atom stereocenters. The van der Waals surface area contributed by atoms with E-state index in [0.29, 0.717) is 18.8 Å². The summed E-state index contributed by atoms with van der Waals surface area (Å²) in [4.78, 5) is 22.1. The molecule has 0 spiro atoms. The Morgan fingerprint density at radius 3 is 2.45 bits per heavy atom. The number of carbonyl (C=O) groups excluding carboxylic acids is 1. The molecular weight excluding hydrogens is 422 g/mol. The fraction of sp³-hybridized carbons (Fsp3) is 0.381. The zero-order valence-corrected chi connectivity index (χ0v) is 18.4. The molecule has 1 saturated heterocycles. The Labute approximate surface area is 181 Å². The van der Waals surface area contributed by atoms with Crippen LogP contribution in [0.2, 0.25) is 0 Å². The van der Waals surface area contributed by atoms with Crippen LogP contribution in [-0.4, -0.2) is 36.6 Å². The number of nitro groups is 1. The lowest BCUT2D eigenvalue weighted by atomic mass is 9.94. The predicted octanol–water partition coefficient (Wildman–Crippen LogP) is 4.01. The van der Waals surface area contributed by atoms with Gasteiger partial charge in [0.05, 0.1) is 9.82 Å². The van der Waals surface area contributed by atoms with Crippen molar-refractivity contribution < 1.29 is 22.9 Å². The molecule has 1 heterocycles. The Morgan fingerprint density at radius 2 is 1.84 bits per heavy atom. The number of ether oxygens (including phenoxy) is 1. The number of amides is 1. The molecule has 2 aromatic carbocycles. The first kappa shape index (κ1) is 22.7. The summed E-state index contributed by atoms with van der Waals surface area (Å²) in [5, 5.41) is 14.2. The van der Waals surface area contributed by atoms with E-state index >= 15 is 0 Å². The second-order valence-electron chi connectivity index (χ2n) is 7.97. The summed E-state index contributed by atoms with van der Waals surface area (Å²) in [5.74, 6) is 0.339. The SMILES string of the molecule is CC(=O)Nc1cccc(Oc2ccc(S(=O)(=O)N3C[C@H](C)C[C@H](C)C3)cc2[N+](=O)[O-])c1. The first-order valence-corrected chi connectivity index (χ1v) is 11.3. The van der Waals surface area contributed by atoms with Crippen LogP contribution in [-0.2, 0) is 14.8 Å². The van der Waals surface area contributed by atoms with Gasteiger partial charge < -0.3 is 10.1 Å². The molecule has 0 saturated carbocycles. The van der Waals surface area contributed by atoms with Crippen LogP contribution in [0.4, 0.5) is 11.4 Å². The Balaban J connectivity index is 1.91. The molecule has 1 aliphatic rings. The van der Waals surface area contributed by atoms with Crippen molar-refractivity contribution in [1.82, 2.24) is 4.31 Å². The summed E-state index contributed by atoms with van der Waals surface area (Å²) in [6, 6.07) is 10.0. The highest BCUT2D eigenvalue weighted by Gasteiger charge is 2.33. The molecule has 1 amide bonds. The molecule has 3 rings (SSSR count). The number of nitrogens with zero attached hydrogens (tertiary/aromatic N) is 2. The zero-order valence-electron chi connectivity index (χ0n) is 17.6. The van der Waals surface area contributed by atoms with Crippen LogP contribution in [0.15, 0.2) is 47.4 Å². The number of nitrogens with one attached hydrogen (secondary N) is 1. The van der Waals surface area contributed by atoms with Crippen LogP contribution in [0.25, 0.3) is 0 Å². The highest BCUT2D eigenvalue weighted by Crippen LogP contribution is 2.35. The fourth-order valence-corrected chi connectivity index (χ4v) is 5.51. The van der Waals surface area contributed by atoms with Gasteiger partial charge in [0, 0.05) is 37.8 Å². The molecule has 9 nitrogen and oxygen atoms in total. The highest BCUT2D eigenvalue weighted by molar-refractivity contribution is 7.89. The quantitative estimate of drug-likeness (QED) is 0.528. The molecule has 10 heteroatoms. The minimum atomic E-state index is -3.87. The Hall–Kier alpha value is -2.98. The van der Waals surface area contributed by atoms with Crippen LogP contribution in [0.1, 0.15) is 27.2 Å². The van der Waals surface area contributed by atoms with E-state index in [2.05, 4.69) is 5.32 Å². The van der Waals surface area contributed by atoms with Crippen LogP contribution in [0.3, 0.4) is 0 Å². The van der Waals surface area contributed by atoms with Crippen molar-refractivity contribution in [3.63, 3.8) is 0 Å². The average molecular weight is 448 g/mol. The molecule has 1 aliphatic heterocycles. The molecule has 0 radical (unpaired) electrons. The standard InChI is InChI=1S/C21H25N3O6S/c1-14-9-15(2)13-23(12-14)31(28,29)19-7-8-21(20(11-19)24(26)27)30-18-6-4-5-17(10-18)22-16(3)25/h4-8,10-11,14-15H,9,12-13H2,1-3H3,(H,22,25)/t14-,15+. The van der Waals surface area contributed by atoms with Gasteiger partial charge in [-0.15, -0.1) is 0 Å². The summed E-state index contributed by atoms with van der Waals surface area (Å²) < 4.78 is 33.2. The van der Waals surface area contributed by atoms with Crippen molar-refractivity contribution >= 4 is 27.3 Å². The molecule has 31 heavy (non-hydrogen) atoms. The lowest BCUT2D eigenvalue weighted by molar-refractivity contribution is -0.385. The third kappa shape index (κ3) is 5.39. The van der Waals surface area contributed by atoms with Crippen molar-refractivity contribution in [2.45, 2.75) is 32.1 Å². The normalized spacial score (nSPS) is 19.6. The zero-order chi connectivity index (χ0) is 22.8. The lowest BCUT2D eigenvalue weighted by Gasteiger charge is -2.34. The van der Waals surface area contributed by atoms with E-state index in [9.17, 15) is 23.3 Å². The summed E-state index contributed by atoms with van der Waals surface area (Å²) in [6.07, 6.45) is 0.941. The molecule has 0 aliphatic carbocycles. The number of sulfonamides is 1. The number of carbonyl (C=O) groups is 1. The Bertz CT molecular complexity index is 1090. The molecule has 2 atom stereocenters. The van der Waals surface area contributed by atoms with Crippen molar-refractivity contribution in [3.8, 4) is 11.5 Å². The number of rotatable bonds is 6. The van der Waals surface area contributed by atoms with Gasteiger partial charge in [-0.3, -0.25) is 14.9 Å². The smallest absolute Gasteiger partial charge is 0.312 e. The van der Waals surface area contributed by atoms with Crippen molar-refractivity contribution in [1.29, 1.82) is 0 Å². The topological polar surface area (TPSA) is 119 Å². The predicted molar refractivity (Wildman–Crippen MR) is 116 cm³/mol. The maximum absolute atomic E-state index is 13.1. The minimum absolute atomic E-state index is 0.0932. The largest absolute Gasteiger partial charge is 0.450 e. The summed E-state index contributed by atoms with van der Waals surface area (Å²) in [5.41, 5.74) is 0.0179. The number of hydrogen-bond donors (Lipinski definition) is 1. The number of anilines is 1. The van der Waals surface area contributed by atoms with Crippen LogP contribution in [0, 0.1) is 22.0 Å². The van der Waals surface area contributed by atoms with Crippen molar-refractivity contribution in [2.24, 2.45) is 11.8 Å². The van der Waals surface area contributed by atoms with E-state index in [4.69, 9.17) is 4.74 Å². The number of benzene rings is 2. The summed E-state index contributed by atoms with van der Waals surface area (Å²) in [6.45, 7) is 6.12. The molecule has 2 aromatic rings. The third-order valence-electron chi connectivity index (χ3n) is 4.98. The second kappa shape index (κ2) is 9.03. The first-order valence-electron chi connectivity index (χ1n) is 9.90. The van der Waals surface area contributed by atoms with Crippen LogP contribution < -0.4 is 10.1 Å². The van der Waals surface area contributed by atoms with Gasteiger partial charge in [0.2, 0.25) is 21.7 Å². The summed E-state index contributed by atoms with van der Waals surface area (Å²) in [7, 11) is -3.87. The number of piperidine rings is 1. The van der Waals surface area contributed by atoms with Crippen molar-refractivity contribution in [2.75, 3.05) is 18.4 Å². The van der Waals surface area contributed by atoms with Gasteiger partial charge in [-0.1, -0.05) is 19.9 Å². The summed E-state index contributed by atoms with van der Waals surface area (Å²) >= 11 is 0. The van der Waals surface area contributed by atoms with Gasteiger partial charge in [0.15, 0.2) is 0 Å². The van der Waals surface area contributed by atoms with Crippen LogP contribution >= 0.6 is 0 Å². The maximum Gasteiger partial charge on any atom is 0.312 e. The second-order valence-corrected chi connectivity index (χ2v) is 9.90. The van der Waals surface area contributed by atoms with Gasteiger partial charge in [-0.05, 0) is 42.5 Å². The Morgan fingerprint density at radius 1 is 1.16 bits per heavy atom. The third-order valence-corrected chi connectivity index (χ3v) is 6.81. The molecule has 0 aromatic heterocycles. The van der Waals surface area contributed by atoms with E-state index in [0.717, 1.165) is 12.5 Å². The molecule has 0 bridgehead atoms. The van der Waals surface area contributed by atoms with Crippen LogP contribution in [0.5, 0.6) is 11.5 Å². The maximum atomic E-state index is 13.1. The molecule has 1 N–H and O–H groups in total. The van der Waals surface area contributed by atoms with E-state index in [1.807, 2.05) is 13.8 Å². The average Bonchev–Trinajstić information content (AvgIpc) is 2.67. The fourth-order valence-electron chi connectivity index (χ4n) is 3.81. The van der Waals surface area contributed by atoms with Crippen molar-refractivity contribution in [3.05, 3.63) is 52.6 Å². The van der Waals surface area contributed by atoms with Gasteiger partial charge in [0.1, 0.15) is 5.75 Å². The minimum Gasteiger partial charge on any atom is -0.450 e. The van der Waals surface area contributed by atoms with E-state index in [-0.39, 0.29) is 34.1 Å². The van der Waals surface area contributed by atoms with E-state index < -0.39 is 20.6 Å². The molecular formula is C21H25N3O6S. The number of hydrogen-bond acceptors (Lipinski definition) is 6. The highest BCUT2D eigenvalue weighted by atomic mass is 32.2. The lowest BCUT2D eigenvalue weighted by Crippen LogP contribution is -2.42. The monoisotopic (exact) mass is 447 g/mol. The molecule has 1 fully saturated rings. The van der Waals surface area contributed by atoms with Gasteiger partial charge in [-0.2, -0.15) is 4.31 Å². The first-order chi connectivity index (χ1) is 14.6. The van der Waals surface area contributed by atoms with E-state index in [1.54, 1.807) is 18.2 Å². The van der Waals surface area contributed by atoms with E-state index in [1.165, 1.54) is 29.4 Å². The van der Waals surface area contributed by atoms with Gasteiger partial charge in [-0.25, -0.2) is 8.42 Å².